The summed E-state index contributed by atoms with van der Waals surface area (Å²) in [5, 5.41) is 11.5. The van der Waals surface area contributed by atoms with Gasteiger partial charge in [-0.25, -0.2) is 0 Å². The molecule has 0 heterocycles. The van der Waals surface area contributed by atoms with E-state index in [1.54, 1.807) is 0 Å². The summed E-state index contributed by atoms with van der Waals surface area (Å²) in [6, 6.07) is 28.6. The van der Waals surface area contributed by atoms with E-state index in [1.165, 1.54) is 37.9 Å². The Balaban J connectivity index is 1.74. The first-order valence-electron chi connectivity index (χ1n) is 9.54. The van der Waals surface area contributed by atoms with Gasteiger partial charge >= 0.3 is 0 Å². The van der Waals surface area contributed by atoms with Crippen molar-refractivity contribution >= 4 is 43.7 Å². The minimum Gasteiger partial charge on any atom is -0.355 e. The number of anilines is 2. The quantitative estimate of drug-likeness (QED) is 0.323. The van der Waals surface area contributed by atoms with E-state index < -0.39 is 0 Å². The molecule has 0 aliphatic carbocycles. The first kappa shape index (κ1) is 16.1. The Bertz CT molecular complexity index is 1190. The van der Waals surface area contributed by atoms with Crippen molar-refractivity contribution in [2.75, 3.05) is 5.32 Å². The van der Waals surface area contributed by atoms with Crippen molar-refractivity contribution < 1.29 is 0 Å². The largest absolute Gasteiger partial charge is 0.355 e. The molecule has 0 bridgehead atoms. The lowest BCUT2D eigenvalue weighted by atomic mass is 9.83. The Morgan fingerprint density at radius 3 is 1.52 bits per heavy atom. The molecular formula is C26H23N. The highest BCUT2D eigenvalue weighted by Crippen LogP contribution is 2.39. The molecule has 0 fully saturated rings. The van der Waals surface area contributed by atoms with Gasteiger partial charge in [0.25, 0.3) is 0 Å². The van der Waals surface area contributed by atoms with Crippen LogP contribution >= 0.6 is 0 Å². The maximum absolute atomic E-state index is 3.53. The van der Waals surface area contributed by atoms with Gasteiger partial charge in [-0.1, -0.05) is 75.4 Å². The molecule has 0 radical (unpaired) electrons. The van der Waals surface area contributed by atoms with Crippen molar-refractivity contribution in [2.45, 2.75) is 26.2 Å². The maximum Gasteiger partial charge on any atom is 0.0396 e. The summed E-state index contributed by atoms with van der Waals surface area (Å²) in [5.74, 6) is 0. The molecule has 0 aromatic heterocycles. The van der Waals surface area contributed by atoms with Gasteiger partial charge in [0.05, 0.1) is 0 Å². The standard InChI is InChI=1S/C26H23N/c1-26(2,3)21-13-17-9-11-19-15-23(27-22-7-5-4-6-8-22)16-20-12-10-18(14-21)24(17)25(19)20/h4-16,27H,1-3H3. The molecule has 1 heteroatoms. The van der Waals surface area contributed by atoms with Gasteiger partial charge in [-0.15, -0.1) is 0 Å². The Morgan fingerprint density at radius 1 is 0.556 bits per heavy atom. The minimum atomic E-state index is 0.150. The Kier molecular flexibility index (Phi) is 3.42. The molecule has 132 valence electrons. The third-order valence-electron chi connectivity index (χ3n) is 5.46. The van der Waals surface area contributed by atoms with Gasteiger partial charge in [-0.2, -0.15) is 0 Å². The Hall–Kier alpha value is -3.06. The van der Waals surface area contributed by atoms with E-state index in [1.807, 2.05) is 6.07 Å². The van der Waals surface area contributed by atoms with Gasteiger partial charge in [0.2, 0.25) is 0 Å². The molecule has 0 aliphatic rings. The van der Waals surface area contributed by atoms with Crippen LogP contribution in [0.25, 0.3) is 32.3 Å². The van der Waals surface area contributed by atoms with Crippen LogP contribution in [0.3, 0.4) is 0 Å². The lowest BCUT2D eigenvalue weighted by Crippen LogP contribution is -2.10. The van der Waals surface area contributed by atoms with Gasteiger partial charge in [0.15, 0.2) is 0 Å². The second-order valence-corrected chi connectivity index (χ2v) is 8.47. The highest BCUT2D eigenvalue weighted by atomic mass is 14.9. The molecule has 0 aliphatic heterocycles. The van der Waals surface area contributed by atoms with Gasteiger partial charge in [-0.3, -0.25) is 0 Å². The fraction of sp³-hybridized carbons (Fsp3) is 0.154. The SMILES string of the molecule is CC(C)(C)c1cc2ccc3cc(Nc4ccccc4)cc4ccc(c1)c2c34. The molecule has 1 nitrogen and oxygen atoms in total. The lowest BCUT2D eigenvalue weighted by molar-refractivity contribution is 0.591. The van der Waals surface area contributed by atoms with E-state index in [4.69, 9.17) is 0 Å². The number of hydrogen-bond acceptors (Lipinski definition) is 1. The Morgan fingerprint density at radius 2 is 1.04 bits per heavy atom. The fourth-order valence-electron chi connectivity index (χ4n) is 4.03. The maximum atomic E-state index is 3.53. The molecule has 5 rings (SSSR count). The van der Waals surface area contributed by atoms with E-state index in [0.717, 1.165) is 11.4 Å². The summed E-state index contributed by atoms with van der Waals surface area (Å²) in [6.45, 7) is 6.84. The number of para-hydroxylation sites is 1. The van der Waals surface area contributed by atoms with E-state index in [9.17, 15) is 0 Å². The van der Waals surface area contributed by atoms with Crippen LogP contribution in [0.2, 0.25) is 0 Å². The smallest absolute Gasteiger partial charge is 0.0396 e. The molecule has 0 amide bonds. The van der Waals surface area contributed by atoms with Crippen molar-refractivity contribution in [1.82, 2.24) is 0 Å². The van der Waals surface area contributed by atoms with Gasteiger partial charge in [-0.05, 0) is 67.6 Å². The van der Waals surface area contributed by atoms with E-state index >= 15 is 0 Å². The van der Waals surface area contributed by atoms with E-state index in [0.29, 0.717) is 0 Å². The zero-order valence-electron chi connectivity index (χ0n) is 16.0. The van der Waals surface area contributed by atoms with Crippen molar-refractivity contribution in [3.05, 3.63) is 84.4 Å². The van der Waals surface area contributed by atoms with Crippen LogP contribution in [0.15, 0.2) is 78.9 Å². The van der Waals surface area contributed by atoms with Gasteiger partial charge < -0.3 is 5.32 Å². The normalized spacial score (nSPS) is 12.3. The second kappa shape index (κ2) is 5.72. The summed E-state index contributed by atoms with van der Waals surface area (Å²) in [6.07, 6.45) is 0. The average molecular weight is 349 g/mol. The van der Waals surface area contributed by atoms with E-state index in [-0.39, 0.29) is 5.41 Å². The first-order chi connectivity index (χ1) is 13.0. The number of benzene rings is 5. The van der Waals surface area contributed by atoms with Crippen LogP contribution in [-0.2, 0) is 5.41 Å². The molecule has 0 atom stereocenters. The van der Waals surface area contributed by atoms with Crippen LogP contribution in [-0.4, -0.2) is 0 Å². The topological polar surface area (TPSA) is 12.0 Å². The molecule has 0 spiro atoms. The van der Waals surface area contributed by atoms with Crippen molar-refractivity contribution in [3.63, 3.8) is 0 Å². The van der Waals surface area contributed by atoms with Crippen LogP contribution < -0.4 is 5.32 Å². The average Bonchev–Trinajstić information content (AvgIpc) is 2.65. The molecular weight excluding hydrogens is 326 g/mol. The van der Waals surface area contributed by atoms with Crippen molar-refractivity contribution in [2.24, 2.45) is 0 Å². The molecule has 5 aromatic carbocycles. The third-order valence-corrected chi connectivity index (χ3v) is 5.46. The van der Waals surface area contributed by atoms with Gasteiger partial charge in [0.1, 0.15) is 0 Å². The predicted molar refractivity (Wildman–Crippen MR) is 119 cm³/mol. The minimum absolute atomic E-state index is 0.150. The summed E-state index contributed by atoms with van der Waals surface area (Å²) < 4.78 is 0. The van der Waals surface area contributed by atoms with Crippen molar-refractivity contribution in [1.29, 1.82) is 0 Å². The lowest BCUT2D eigenvalue weighted by Gasteiger charge is -2.21. The van der Waals surface area contributed by atoms with Crippen molar-refractivity contribution in [3.8, 4) is 0 Å². The molecule has 5 aromatic rings. The highest BCUT2D eigenvalue weighted by molar-refractivity contribution is 6.23. The van der Waals surface area contributed by atoms with Crippen LogP contribution in [0, 0.1) is 0 Å². The predicted octanol–water partition coefficient (Wildman–Crippen LogP) is 7.63. The first-order valence-corrected chi connectivity index (χ1v) is 9.54. The van der Waals surface area contributed by atoms with Crippen LogP contribution in [0.4, 0.5) is 11.4 Å². The number of rotatable bonds is 2. The molecule has 0 saturated heterocycles. The van der Waals surface area contributed by atoms with Crippen LogP contribution in [0.5, 0.6) is 0 Å². The summed E-state index contributed by atoms with van der Waals surface area (Å²) in [5.41, 5.74) is 3.78. The molecule has 27 heavy (non-hydrogen) atoms. The number of nitrogens with one attached hydrogen (secondary N) is 1. The summed E-state index contributed by atoms with van der Waals surface area (Å²) in [7, 11) is 0. The zero-order valence-corrected chi connectivity index (χ0v) is 16.0. The van der Waals surface area contributed by atoms with E-state index in [2.05, 4.69) is 98.9 Å². The molecule has 1 N–H and O–H groups in total. The Labute approximate surface area is 160 Å². The van der Waals surface area contributed by atoms with Crippen LogP contribution in [0.1, 0.15) is 26.3 Å². The molecule has 0 saturated carbocycles. The molecule has 0 unspecified atom stereocenters. The highest BCUT2D eigenvalue weighted by Gasteiger charge is 2.17. The van der Waals surface area contributed by atoms with Gasteiger partial charge in [0, 0.05) is 11.4 Å². The fourth-order valence-corrected chi connectivity index (χ4v) is 4.03. The third kappa shape index (κ3) is 2.71. The summed E-state index contributed by atoms with van der Waals surface area (Å²) in [4.78, 5) is 0. The second-order valence-electron chi connectivity index (χ2n) is 8.47. The zero-order chi connectivity index (χ0) is 18.6. The monoisotopic (exact) mass is 349 g/mol. The number of hydrogen-bond donors (Lipinski definition) is 1. The summed E-state index contributed by atoms with van der Waals surface area (Å²) >= 11 is 0.